The molecule has 0 aromatic rings. The van der Waals surface area contributed by atoms with Crippen molar-refractivity contribution >= 4 is 11.8 Å². The number of nitrogens with one attached hydrogen (secondary N) is 2. The number of carbonyl (C=O) groups is 2. The van der Waals surface area contributed by atoms with Gasteiger partial charge in [-0.15, -0.1) is 0 Å². The fourth-order valence-corrected chi connectivity index (χ4v) is 12.3. The van der Waals surface area contributed by atoms with Gasteiger partial charge in [0.1, 0.15) is 12.1 Å². The van der Waals surface area contributed by atoms with E-state index in [1.54, 1.807) is 12.0 Å². The van der Waals surface area contributed by atoms with Crippen LogP contribution in [-0.2, 0) is 19.2 Å². The number of aliphatic hydroxyl groups is 2. The summed E-state index contributed by atoms with van der Waals surface area (Å²) in [5.74, 6) is 1.89. The summed E-state index contributed by atoms with van der Waals surface area (Å²) >= 11 is 0. The highest BCUT2D eigenvalue weighted by atomic mass is 16.7. The number of methoxy groups -OCH3 is 1. The number of nitrogens with zero attached hydrogens (tertiary/aromatic N) is 3. The van der Waals surface area contributed by atoms with Crippen LogP contribution < -0.4 is 10.6 Å². The van der Waals surface area contributed by atoms with Gasteiger partial charge in [0.05, 0.1) is 18.8 Å². The lowest BCUT2D eigenvalue weighted by Crippen LogP contribution is -2.62. The van der Waals surface area contributed by atoms with Crippen LogP contribution in [0.2, 0.25) is 0 Å². The molecule has 2 heterocycles. The third-order valence-electron chi connectivity index (χ3n) is 15.6. The molecule has 15 atom stereocenters. The fraction of sp³-hybridized carbons (Fsp3) is 0.951. The lowest BCUT2D eigenvalue weighted by molar-refractivity contribution is -0.193. The minimum Gasteiger partial charge on any atom is -0.394 e. The van der Waals surface area contributed by atoms with Gasteiger partial charge in [0, 0.05) is 56.1 Å². The fourth-order valence-electron chi connectivity index (χ4n) is 12.3. The zero-order valence-corrected chi connectivity index (χ0v) is 33.6. The standard InChI is InChI=1S/C41H73N5O6/c1-9-45-15-11-13-30(45)21-42-39(49)28-16-27(17-31(18-28)44(6)7)32-14-10-12-26(38(32)51-8)22-46-37(36(25(3)48)35(23-47)52-46)40(50)43-34-20-29-19-33(24(34)2)41(29,4)5/h24-38,47-48H,9-23H2,1-8H3,(H,42,49)(H,43,50)/t24-,25-,26?,27?,28?,29+,30-,31?,32?,33-,34-,35-,36+,37-,38?/m0/s1. The van der Waals surface area contributed by atoms with Crippen LogP contribution in [0.25, 0.3) is 0 Å². The molecule has 2 aliphatic heterocycles. The van der Waals surface area contributed by atoms with Crippen molar-refractivity contribution in [2.24, 2.45) is 52.8 Å². The highest BCUT2D eigenvalue weighted by molar-refractivity contribution is 5.83. The van der Waals surface area contributed by atoms with E-state index in [-0.39, 0.29) is 42.4 Å². The molecule has 0 aromatic carbocycles. The van der Waals surface area contributed by atoms with Crippen molar-refractivity contribution in [2.75, 3.05) is 54.0 Å². The van der Waals surface area contributed by atoms with Gasteiger partial charge in [-0.2, -0.15) is 5.06 Å². The Morgan fingerprint density at radius 1 is 1.06 bits per heavy atom. The number of aliphatic hydroxyl groups excluding tert-OH is 2. The smallest absolute Gasteiger partial charge is 0.240 e. The first-order valence-corrected chi connectivity index (χ1v) is 21.0. The molecular formula is C41H73N5O6. The second-order valence-corrected chi connectivity index (χ2v) is 18.8. The van der Waals surface area contributed by atoms with E-state index in [1.807, 2.05) is 7.11 Å². The van der Waals surface area contributed by atoms with Crippen LogP contribution in [0.5, 0.6) is 0 Å². The first kappa shape index (κ1) is 40.3. The van der Waals surface area contributed by atoms with Crippen molar-refractivity contribution in [1.29, 1.82) is 0 Å². The molecule has 0 radical (unpaired) electrons. The molecule has 7 rings (SSSR count). The zero-order chi connectivity index (χ0) is 37.5. The van der Waals surface area contributed by atoms with E-state index in [0.717, 1.165) is 71.0 Å². The summed E-state index contributed by atoms with van der Waals surface area (Å²) in [6.07, 6.45) is 8.91. The number of hydrogen-bond donors (Lipinski definition) is 4. The SMILES string of the molecule is CCN1CCC[C@H]1CNC(=O)C1CC(C2CCCC(CN3O[C@@H](CO)[C@@H]([C@H](C)O)[C@H]3C(=O)N[C@H]3C[C@H]4C[C@@H]([C@@H]3C)C4(C)C)C2OC)CC(N(C)C)C1. The van der Waals surface area contributed by atoms with Gasteiger partial charge in [0.25, 0.3) is 0 Å². The Bertz CT molecular complexity index is 1220. The molecule has 4 N–H and O–H groups in total. The second-order valence-electron chi connectivity index (χ2n) is 18.8. The average Bonchev–Trinajstić information content (AvgIpc) is 3.75. The molecule has 5 aliphatic carbocycles. The highest BCUT2D eigenvalue weighted by Crippen LogP contribution is 2.61. The van der Waals surface area contributed by atoms with Crippen molar-refractivity contribution in [2.45, 2.75) is 141 Å². The molecule has 7 fully saturated rings. The zero-order valence-electron chi connectivity index (χ0n) is 33.6. The summed E-state index contributed by atoms with van der Waals surface area (Å²) in [6, 6.07) is 0.177. The number of rotatable bonds is 13. The number of hydrogen-bond acceptors (Lipinski definition) is 9. The van der Waals surface area contributed by atoms with Gasteiger partial charge in [0.15, 0.2) is 0 Å². The normalized spacial score (nSPS) is 42.9. The van der Waals surface area contributed by atoms with Gasteiger partial charge in [-0.25, -0.2) is 0 Å². The van der Waals surface area contributed by atoms with Gasteiger partial charge in [0.2, 0.25) is 11.8 Å². The number of ether oxygens (including phenoxy) is 1. The topological polar surface area (TPSA) is 127 Å². The summed E-state index contributed by atoms with van der Waals surface area (Å²) < 4.78 is 6.40. The Kier molecular flexibility index (Phi) is 13.0. The van der Waals surface area contributed by atoms with Crippen LogP contribution in [-0.4, -0.2) is 133 Å². The van der Waals surface area contributed by atoms with Gasteiger partial charge < -0.3 is 30.5 Å². The molecule has 2 bridgehead atoms. The van der Waals surface area contributed by atoms with Gasteiger partial charge in [-0.1, -0.05) is 34.1 Å². The van der Waals surface area contributed by atoms with E-state index in [1.165, 1.54) is 12.8 Å². The van der Waals surface area contributed by atoms with Crippen LogP contribution in [0.1, 0.15) is 98.8 Å². The number of likely N-dealkylation sites (N-methyl/N-ethyl adjacent to an activating group) is 1. The maximum Gasteiger partial charge on any atom is 0.240 e. The van der Waals surface area contributed by atoms with E-state index < -0.39 is 24.2 Å². The second kappa shape index (κ2) is 16.8. The number of hydroxylamine groups is 2. The summed E-state index contributed by atoms with van der Waals surface area (Å²) in [5, 5.41) is 30.0. The van der Waals surface area contributed by atoms with Crippen molar-refractivity contribution in [3.63, 3.8) is 0 Å². The molecule has 298 valence electrons. The maximum absolute atomic E-state index is 14.3. The summed E-state index contributed by atoms with van der Waals surface area (Å²) in [6.45, 7) is 14.1. The first-order chi connectivity index (χ1) is 24.8. The molecule has 5 saturated carbocycles. The Labute approximate surface area is 314 Å². The quantitative estimate of drug-likeness (QED) is 0.225. The Balaban J connectivity index is 1.15. The van der Waals surface area contributed by atoms with Crippen LogP contribution in [0, 0.1) is 52.8 Å². The predicted octanol–water partition coefficient (Wildman–Crippen LogP) is 3.53. The largest absolute Gasteiger partial charge is 0.394 e. The number of fused-ring (bicyclic) bond motifs is 2. The number of amides is 2. The Hall–Kier alpha value is -1.34. The molecule has 0 spiro atoms. The van der Waals surface area contributed by atoms with E-state index in [4.69, 9.17) is 9.57 Å². The van der Waals surface area contributed by atoms with E-state index in [2.05, 4.69) is 62.2 Å². The monoisotopic (exact) mass is 732 g/mol. The molecule has 0 aromatic heterocycles. The van der Waals surface area contributed by atoms with Crippen LogP contribution in [0.3, 0.4) is 0 Å². The van der Waals surface area contributed by atoms with Crippen molar-refractivity contribution in [3.8, 4) is 0 Å². The predicted molar refractivity (Wildman–Crippen MR) is 202 cm³/mol. The van der Waals surface area contributed by atoms with E-state index >= 15 is 0 Å². The lowest BCUT2D eigenvalue weighted by atomic mass is 9.45. The highest BCUT2D eigenvalue weighted by Gasteiger charge is 2.58. The molecule has 6 unspecified atom stereocenters. The Morgan fingerprint density at radius 3 is 2.46 bits per heavy atom. The molecular weight excluding hydrogens is 658 g/mol. The maximum atomic E-state index is 14.3. The average molecular weight is 732 g/mol. The molecule has 11 heteroatoms. The molecule has 7 aliphatic rings. The summed E-state index contributed by atoms with van der Waals surface area (Å²) in [7, 11) is 6.09. The molecule has 52 heavy (non-hydrogen) atoms. The van der Waals surface area contributed by atoms with Crippen molar-refractivity contribution in [3.05, 3.63) is 0 Å². The van der Waals surface area contributed by atoms with Gasteiger partial charge in [-0.05, 0) is 127 Å². The molecule has 11 nitrogen and oxygen atoms in total. The minimum absolute atomic E-state index is 0.0218. The van der Waals surface area contributed by atoms with E-state index in [9.17, 15) is 19.8 Å². The minimum atomic E-state index is -0.821. The van der Waals surface area contributed by atoms with Crippen molar-refractivity contribution in [1.82, 2.24) is 25.5 Å². The van der Waals surface area contributed by atoms with Crippen molar-refractivity contribution < 1.29 is 29.4 Å². The molecule has 2 amide bonds. The lowest BCUT2D eigenvalue weighted by Gasteiger charge is -2.62. The third-order valence-corrected chi connectivity index (χ3v) is 15.6. The third kappa shape index (κ3) is 7.98. The number of carbonyl (C=O) groups excluding carboxylic acids is 2. The summed E-state index contributed by atoms with van der Waals surface area (Å²) in [4.78, 5) is 39.3. The van der Waals surface area contributed by atoms with Crippen LogP contribution in [0.15, 0.2) is 0 Å². The van der Waals surface area contributed by atoms with Gasteiger partial charge in [-0.3, -0.25) is 19.3 Å². The molecule has 2 saturated heterocycles. The van der Waals surface area contributed by atoms with Gasteiger partial charge >= 0.3 is 0 Å². The van der Waals surface area contributed by atoms with Crippen LogP contribution >= 0.6 is 0 Å². The van der Waals surface area contributed by atoms with Crippen LogP contribution in [0.4, 0.5) is 0 Å². The Morgan fingerprint density at radius 2 is 1.83 bits per heavy atom. The number of likely N-dealkylation sites (tertiary alicyclic amines) is 1. The summed E-state index contributed by atoms with van der Waals surface area (Å²) in [5.41, 5.74) is 0.320. The van der Waals surface area contributed by atoms with E-state index in [0.29, 0.717) is 53.6 Å². The first-order valence-electron chi connectivity index (χ1n) is 21.0.